The first kappa shape index (κ1) is 8.79. The van der Waals surface area contributed by atoms with Gasteiger partial charge in [0, 0.05) is 6.54 Å². The van der Waals surface area contributed by atoms with Crippen LogP contribution >= 0.6 is 0 Å². The van der Waals surface area contributed by atoms with Gasteiger partial charge >= 0.3 is 12.1 Å². The zero-order chi connectivity index (χ0) is 9.14. The van der Waals surface area contributed by atoms with E-state index < -0.39 is 18.2 Å². The first-order chi connectivity index (χ1) is 5.61. The van der Waals surface area contributed by atoms with E-state index in [1.165, 1.54) is 0 Å². The number of carboxylic acids is 1. The number of ether oxygens (including phenoxy) is 1. The molecule has 12 heavy (non-hydrogen) atoms. The van der Waals surface area contributed by atoms with Gasteiger partial charge in [0.2, 0.25) is 0 Å². The van der Waals surface area contributed by atoms with Crippen molar-refractivity contribution >= 4 is 12.1 Å². The fourth-order valence-electron chi connectivity index (χ4n) is 0.972. The summed E-state index contributed by atoms with van der Waals surface area (Å²) in [7, 11) is 0. The maximum absolute atomic E-state index is 10.4. The van der Waals surface area contributed by atoms with Crippen LogP contribution in [0.3, 0.4) is 0 Å². The minimum Gasteiger partial charge on any atom is -0.479 e. The Labute approximate surface area is 68.3 Å². The SMILES string of the molecule is O=C(O)C1CN(C(=O)O)CCO1. The minimum atomic E-state index is -1.12. The number of hydrogen-bond acceptors (Lipinski definition) is 3. The molecule has 6 heteroatoms. The molecular weight excluding hydrogens is 166 g/mol. The Morgan fingerprint density at radius 3 is 2.58 bits per heavy atom. The highest BCUT2D eigenvalue weighted by Gasteiger charge is 2.28. The molecule has 1 heterocycles. The zero-order valence-corrected chi connectivity index (χ0v) is 6.27. The Balaban J connectivity index is 2.51. The fraction of sp³-hybridized carbons (Fsp3) is 0.667. The van der Waals surface area contributed by atoms with Gasteiger partial charge < -0.3 is 19.8 Å². The van der Waals surface area contributed by atoms with E-state index in [-0.39, 0.29) is 19.7 Å². The van der Waals surface area contributed by atoms with Crippen molar-refractivity contribution in [2.24, 2.45) is 0 Å². The number of carbonyl (C=O) groups is 2. The number of morpholine rings is 1. The Morgan fingerprint density at radius 1 is 1.42 bits per heavy atom. The van der Waals surface area contributed by atoms with E-state index in [0.717, 1.165) is 4.90 Å². The molecule has 0 saturated carbocycles. The Kier molecular flexibility index (Phi) is 2.49. The highest BCUT2D eigenvalue weighted by molar-refractivity contribution is 5.74. The van der Waals surface area contributed by atoms with Crippen LogP contribution in [-0.2, 0) is 9.53 Å². The van der Waals surface area contributed by atoms with Crippen LogP contribution in [0.4, 0.5) is 4.79 Å². The van der Waals surface area contributed by atoms with Crippen molar-refractivity contribution in [2.45, 2.75) is 6.10 Å². The molecule has 1 aliphatic rings. The van der Waals surface area contributed by atoms with E-state index in [9.17, 15) is 9.59 Å². The number of hydrogen-bond donors (Lipinski definition) is 2. The molecule has 0 spiro atoms. The van der Waals surface area contributed by atoms with Crippen LogP contribution in [0.25, 0.3) is 0 Å². The molecule has 1 fully saturated rings. The third-order valence-corrected chi connectivity index (χ3v) is 1.61. The minimum absolute atomic E-state index is 0.0926. The number of rotatable bonds is 1. The Bertz CT molecular complexity index is 184. The molecule has 0 bridgehead atoms. The van der Waals surface area contributed by atoms with E-state index in [2.05, 4.69) is 0 Å². The molecule has 0 aliphatic carbocycles. The second-order valence-electron chi connectivity index (χ2n) is 2.43. The summed E-state index contributed by atoms with van der Waals surface area (Å²) >= 11 is 0. The molecule has 1 atom stereocenters. The van der Waals surface area contributed by atoms with E-state index in [0.29, 0.717) is 0 Å². The van der Waals surface area contributed by atoms with Gasteiger partial charge in [-0.1, -0.05) is 0 Å². The maximum atomic E-state index is 10.4. The average Bonchev–Trinajstić information content (AvgIpc) is 2.04. The molecular formula is C6H9NO5. The summed E-state index contributed by atoms with van der Waals surface area (Å²) in [6.45, 7) is 0.285. The van der Waals surface area contributed by atoms with Crippen molar-refractivity contribution in [3.05, 3.63) is 0 Å². The lowest BCUT2D eigenvalue weighted by Gasteiger charge is -2.28. The van der Waals surface area contributed by atoms with E-state index >= 15 is 0 Å². The highest BCUT2D eigenvalue weighted by atomic mass is 16.5. The quantitative estimate of drug-likeness (QED) is 0.558. The number of nitrogens with zero attached hydrogens (tertiary/aromatic N) is 1. The highest BCUT2D eigenvalue weighted by Crippen LogP contribution is 2.04. The van der Waals surface area contributed by atoms with Gasteiger partial charge in [-0.3, -0.25) is 0 Å². The van der Waals surface area contributed by atoms with Crippen LogP contribution in [0.2, 0.25) is 0 Å². The number of amides is 1. The summed E-state index contributed by atoms with van der Waals surface area (Å²) in [6.07, 6.45) is -2.13. The molecule has 6 nitrogen and oxygen atoms in total. The first-order valence-electron chi connectivity index (χ1n) is 3.43. The Hall–Kier alpha value is -1.30. The lowest BCUT2D eigenvalue weighted by Crippen LogP contribution is -2.48. The molecule has 2 N–H and O–H groups in total. The normalized spacial score (nSPS) is 23.7. The smallest absolute Gasteiger partial charge is 0.407 e. The van der Waals surface area contributed by atoms with Crippen molar-refractivity contribution in [1.82, 2.24) is 4.90 Å². The van der Waals surface area contributed by atoms with Gasteiger partial charge in [0.15, 0.2) is 6.10 Å². The Morgan fingerprint density at radius 2 is 2.08 bits per heavy atom. The monoisotopic (exact) mass is 175 g/mol. The number of aliphatic carboxylic acids is 1. The van der Waals surface area contributed by atoms with Crippen LogP contribution in [0.15, 0.2) is 0 Å². The van der Waals surface area contributed by atoms with Crippen LogP contribution < -0.4 is 0 Å². The molecule has 1 aliphatic heterocycles. The molecule has 68 valence electrons. The topological polar surface area (TPSA) is 87.1 Å². The summed E-state index contributed by atoms with van der Waals surface area (Å²) in [5.74, 6) is -1.12. The second-order valence-corrected chi connectivity index (χ2v) is 2.43. The van der Waals surface area contributed by atoms with Gasteiger partial charge in [0.25, 0.3) is 0 Å². The fourth-order valence-corrected chi connectivity index (χ4v) is 0.972. The summed E-state index contributed by atoms with van der Waals surface area (Å²) in [4.78, 5) is 21.8. The van der Waals surface area contributed by atoms with E-state index in [1.54, 1.807) is 0 Å². The van der Waals surface area contributed by atoms with E-state index in [4.69, 9.17) is 14.9 Å². The third kappa shape index (κ3) is 1.85. The second kappa shape index (κ2) is 3.40. The van der Waals surface area contributed by atoms with Crippen molar-refractivity contribution in [1.29, 1.82) is 0 Å². The maximum Gasteiger partial charge on any atom is 0.407 e. The third-order valence-electron chi connectivity index (χ3n) is 1.61. The molecule has 0 aromatic heterocycles. The van der Waals surface area contributed by atoms with Gasteiger partial charge in [0.05, 0.1) is 13.2 Å². The lowest BCUT2D eigenvalue weighted by molar-refractivity contribution is -0.154. The molecule has 1 amide bonds. The van der Waals surface area contributed by atoms with Gasteiger partial charge in [0.1, 0.15) is 0 Å². The number of carboxylic acid groups (broad SMARTS) is 2. The summed E-state index contributed by atoms with van der Waals surface area (Å²) in [5.41, 5.74) is 0. The van der Waals surface area contributed by atoms with Crippen molar-refractivity contribution in [2.75, 3.05) is 19.7 Å². The van der Waals surface area contributed by atoms with Gasteiger partial charge in [-0.15, -0.1) is 0 Å². The predicted molar refractivity (Wildman–Crippen MR) is 37.0 cm³/mol. The summed E-state index contributed by atoms with van der Waals surface area (Å²) < 4.78 is 4.82. The molecule has 1 unspecified atom stereocenters. The predicted octanol–water partition coefficient (Wildman–Crippen LogP) is -0.550. The standard InChI is InChI=1S/C6H9NO5/c8-5(9)4-3-7(6(10)11)1-2-12-4/h4H,1-3H2,(H,8,9)(H,10,11). The zero-order valence-electron chi connectivity index (χ0n) is 6.27. The first-order valence-corrected chi connectivity index (χ1v) is 3.43. The molecule has 0 aromatic rings. The van der Waals surface area contributed by atoms with Crippen molar-refractivity contribution in [3.8, 4) is 0 Å². The van der Waals surface area contributed by atoms with Crippen molar-refractivity contribution < 1.29 is 24.5 Å². The van der Waals surface area contributed by atoms with Gasteiger partial charge in [-0.25, -0.2) is 9.59 Å². The largest absolute Gasteiger partial charge is 0.479 e. The van der Waals surface area contributed by atoms with Crippen LogP contribution in [0.5, 0.6) is 0 Å². The average molecular weight is 175 g/mol. The molecule has 1 saturated heterocycles. The summed E-state index contributed by atoms with van der Waals surface area (Å²) in [6, 6.07) is 0. The summed E-state index contributed by atoms with van der Waals surface area (Å²) in [5, 5.41) is 17.0. The molecule has 0 radical (unpaired) electrons. The molecule has 1 rings (SSSR count). The molecule has 0 aromatic carbocycles. The van der Waals surface area contributed by atoms with Crippen LogP contribution in [0.1, 0.15) is 0 Å². The van der Waals surface area contributed by atoms with Crippen LogP contribution in [-0.4, -0.2) is 53.0 Å². The van der Waals surface area contributed by atoms with Gasteiger partial charge in [-0.05, 0) is 0 Å². The van der Waals surface area contributed by atoms with Crippen molar-refractivity contribution in [3.63, 3.8) is 0 Å². The van der Waals surface area contributed by atoms with Crippen LogP contribution in [0, 0.1) is 0 Å². The van der Waals surface area contributed by atoms with Gasteiger partial charge in [-0.2, -0.15) is 0 Å². The lowest BCUT2D eigenvalue weighted by atomic mass is 10.3. The van der Waals surface area contributed by atoms with E-state index in [1.807, 2.05) is 0 Å².